The van der Waals surface area contributed by atoms with Crippen LogP contribution in [-0.2, 0) is 0 Å². The molecule has 1 aliphatic carbocycles. The SMILES string of the molecule is CC1C=C(N)C=CC1Oc1ccc(-c2ccc(Oc3ccc(N)cc3)cc2)cc1. The largest absolute Gasteiger partial charge is 0.486 e. The predicted octanol–water partition coefficient (Wildman–Crippen LogP) is 5.52. The highest BCUT2D eigenvalue weighted by molar-refractivity contribution is 5.65. The van der Waals surface area contributed by atoms with E-state index in [1.807, 2.05) is 78.9 Å². The summed E-state index contributed by atoms with van der Waals surface area (Å²) in [5.74, 6) is 2.63. The minimum atomic E-state index is -0.00193. The van der Waals surface area contributed by atoms with Crippen LogP contribution in [0.25, 0.3) is 11.1 Å². The fourth-order valence-corrected chi connectivity index (χ4v) is 3.25. The smallest absolute Gasteiger partial charge is 0.127 e. The van der Waals surface area contributed by atoms with Crippen molar-refractivity contribution in [1.29, 1.82) is 0 Å². The van der Waals surface area contributed by atoms with Gasteiger partial charge < -0.3 is 20.9 Å². The van der Waals surface area contributed by atoms with Crippen LogP contribution in [0.4, 0.5) is 5.69 Å². The van der Waals surface area contributed by atoms with Crippen molar-refractivity contribution < 1.29 is 9.47 Å². The van der Waals surface area contributed by atoms with Gasteiger partial charge in [0.25, 0.3) is 0 Å². The summed E-state index contributed by atoms with van der Waals surface area (Å²) in [6.45, 7) is 2.10. The topological polar surface area (TPSA) is 70.5 Å². The summed E-state index contributed by atoms with van der Waals surface area (Å²) in [7, 11) is 0. The first kappa shape index (κ1) is 18.7. The first-order valence-corrected chi connectivity index (χ1v) is 9.63. The molecule has 3 aromatic carbocycles. The van der Waals surface area contributed by atoms with Crippen molar-refractivity contribution in [3.8, 4) is 28.4 Å². The molecule has 0 bridgehead atoms. The van der Waals surface area contributed by atoms with Gasteiger partial charge in [-0.3, -0.25) is 0 Å². The third kappa shape index (κ3) is 4.61. The van der Waals surface area contributed by atoms with Gasteiger partial charge in [0.05, 0.1) is 0 Å². The molecular formula is C25H24N2O2. The number of benzene rings is 3. The van der Waals surface area contributed by atoms with Crippen molar-refractivity contribution in [3.05, 3.63) is 96.7 Å². The number of nitrogens with two attached hydrogens (primary N) is 2. The Labute approximate surface area is 171 Å². The first-order valence-electron chi connectivity index (χ1n) is 9.63. The highest BCUT2D eigenvalue weighted by atomic mass is 16.5. The number of anilines is 1. The van der Waals surface area contributed by atoms with Crippen LogP contribution < -0.4 is 20.9 Å². The van der Waals surface area contributed by atoms with Gasteiger partial charge in [0.15, 0.2) is 0 Å². The Morgan fingerprint density at radius 2 is 1.21 bits per heavy atom. The summed E-state index contributed by atoms with van der Waals surface area (Å²) in [4.78, 5) is 0. The molecule has 4 rings (SSSR count). The fraction of sp³-hybridized carbons (Fsp3) is 0.120. The molecule has 0 aromatic heterocycles. The van der Waals surface area contributed by atoms with Gasteiger partial charge in [-0.15, -0.1) is 0 Å². The van der Waals surface area contributed by atoms with E-state index in [0.717, 1.165) is 39.8 Å². The minimum absolute atomic E-state index is 0.00193. The normalized spacial score (nSPS) is 18.2. The van der Waals surface area contributed by atoms with Crippen LogP contribution in [-0.4, -0.2) is 6.10 Å². The Kier molecular flexibility index (Phi) is 5.25. The standard InChI is InChI=1S/C25H24N2O2/c1-17-16-21(27)8-15-25(17)29-24-11-4-19(5-12-24)18-2-9-22(10-3-18)28-23-13-6-20(26)7-14-23/h2-17,25H,26-27H2,1H3. The third-order valence-electron chi connectivity index (χ3n) is 4.88. The van der Waals surface area contributed by atoms with Gasteiger partial charge in [-0.05, 0) is 71.8 Å². The lowest BCUT2D eigenvalue weighted by atomic mass is 9.98. The second kappa shape index (κ2) is 8.15. The molecular weight excluding hydrogens is 360 g/mol. The highest BCUT2D eigenvalue weighted by Crippen LogP contribution is 2.28. The molecule has 4 N–H and O–H groups in total. The summed E-state index contributed by atoms with van der Waals surface area (Å²) in [6, 6.07) is 23.5. The molecule has 4 nitrogen and oxygen atoms in total. The molecule has 0 saturated carbocycles. The van der Waals surface area contributed by atoms with Crippen LogP contribution in [0.1, 0.15) is 6.92 Å². The summed E-state index contributed by atoms with van der Waals surface area (Å²) < 4.78 is 11.9. The Morgan fingerprint density at radius 3 is 1.76 bits per heavy atom. The van der Waals surface area contributed by atoms with E-state index < -0.39 is 0 Å². The monoisotopic (exact) mass is 384 g/mol. The molecule has 0 aliphatic heterocycles. The van der Waals surface area contributed by atoms with Crippen LogP contribution in [0, 0.1) is 5.92 Å². The molecule has 0 heterocycles. The fourth-order valence-electron chi connectivity index (χ4n) is 3.25. The lowest BCUT2D eigenvalue weighted by Gasteiger charge is -2.23. The summed E-state index contributed by atoms with van der Waals surface area (Å²) in [6.07, 6.45) is 5.92. The van der Waals surface area contributed by atoms with Crippen molar-refractivity contribution in [2.45, 2.75) is 13.0 Å². The highest BCUT2D eigenvalue weighted by Gasteiger charge is 2.17. The molecule has 0 fully saturated rings. The summed E-state index contributed by atoms with van der Waals surface area (Å²) in [5.41, 5.74) is 15.3. The first-order chi connectivity index (χ1) is 14.1. The van der Waals surface area contributed by atoms with E-state index in [2.05, 4.69) is 19.1 Å². The molecule has 0 amide bonds. The van der Waals surface area contributed by atoms with Crippen LogP contribution in [0.15, 0.2) is 96.7 Å². The Hall–Kier alpha value is -3.66. The molecule has 1 aliphatic rings. The van der Waals surface area contributed by atoms with Crippen LogP contribution in [0.3, 0.4) is 0 Å². The van der Waals surface area contributed by atoms with Crippen molar-refractivity contribution in [3.63, 3.8) is 0 Å². The van der Waals surface area contributed by atoms with Gasteiger partial charge in [-0.2, -0.15) is 0 Å². The molecule has 146 valence electrons. The molecule has 3 aromatic rings. The number of ether oxygens (including phenoxy) is 2. The van der Waals surface area contributed by atoms with Gasteiger partial charge in [-0.1, -0.05) is 37.3 Å². The zero-order chi connectivity index (χ0) is 20.2. The van der Waals surface area contributed by atoms with Crippen LogP contribution in [0.2, 0.25) is 0 Å². The van der Waals surface area contributed by atoms with Crippen molar-refractivity contribution in [2.24, 2.45) is 11.7 Å². The molecule has 0 saturated heterocycles. The van der Waals surface area contributed by atoms with E-state index in [1.54, 1.807) is 0 Å². The minimum Gasteiger partial charge on any atom is -0.486 e. The van der Waals surface area contributed by atoms with Gasteiger partial charge in [0, 0.05) is 17.3 Å². The summed E-state index contributed by atoms with van der Waals surface area (Å²) >= 11 is 0. The number of rotatable bonds is 5. The number of hydrogen-bond acceptors (Lipinski definition) is 4. The van der Waals surface area contributed by atoms with E-state index >= 15 is 0 Å². The molecule has 4 heteroatoms. The maximum atomic E-state index is 6.08. The Morgan fingerprint density at radius 1 is 0.690 bits per heavy atom. The lowest BCUT2D eigenvalue weighted by Crippen LogP contribution is -2.24. The molecule has 0 spiro atoms. The van der Waals surface area contributed by atoms with Crippen molar-refractivity contribution >= 4 is 5.69 Å². The molecule has 2 unspecified atom stereocenters. The van der Waals surface area contributed by atoms with E-state index in [1.165, 1.54) is 0 Å². The van der Waals surface area contributed by atoms with Gasteiger partial charge in [-0.25, -0.2) is 0 Å². The predicted molar refractivity (Wildman–Crippen MR) is 118 cm³/mol. The maximum Gasteiger partial charge on any atom is 0.127 e. The van der Waals surface area contributed by atoms with Gasteiger partial charge in [0.1, 0.15) is 23.4 Å². The van der Waals surface area contributed by atoms with E-state index in [9.17, 15) is 0 Å². The van der Waals surface area contributed by atoms with Gasteiger partial charge in [0.2, 0.25) is 0 Å². The quantitative estimate of drug-likeness (QED) is 0.568. The molecule has 0 radical (unpaired) electrons. The maximum absolute atomic E-state index is 6.08. The van der Waals surface area contributed by atoms with Crippen molar-refractivity contribution in [1.82, 2.24) is 0 Å². The lowest BCUT2D eigenvalue weighted by molar-refractivity contribution is 0.209. The van der Waals surface area contributed by atoms with Crippen LogP contribution >= 0.6 is 0 Å². The average Bonchev–Trinajstić information content (AvgIpc) is 2.73. The third-order valence-corrected chi connectivity index (χ3v) is 4.88. The zero-order valence-corrected chi connectivity index (χ0v) is 16.3. The molecule has 29 heavy (non-hydrogen) atoms. The van der Waals surface area contributed by atoms with Crippen molar-refractivity contribution in [2.75, 3.05) is 5.73 Å². The number of hydrogen-bond donors (Lipinski definition) is 2. The average molecular weight is 384 g/mol. The summed E-state index contributed by atoms with van der Waals surface area (Å²) in [5, 5.41) is 0. The van der Waals surface area contributed by atoms with E-state index in [0.29, 0.717) is 0 Å². The zero-order valence-electron chi connectivity index (χ0n) is 16.3. The second-order valence-electron chi connectivity index (χ2n) is 7.19. The van der Waals surface area contributed by atoms with E-state index in [-0.39, 0.29) is 12.0 Å². The molecule has 2 atom stereocenters. The van der Waals surface area contributed by atoms with Crippen LogP contribution in [0.5, 0.6) is 17.2 Å². The second-order valence-corrected chi connectivity index (χ2v) is 7.19. The Balaban J connectivity index is 1.41. The number of nitrogen functional groups attached to an aromatic ring is 1. The van der Waals surface area contributed by atoms with E-state index in [4.69, 9.17) is 20.9 Å². The van der Waals surface area contributed by atoms with Gasteiger partial charge >= 0.3 is 0 Å². The number of allylic oxidation sites excluding steroid dienone is 1. The Bertz CT molecular complexity index is 1020.